The molecule has 0 unspecified atom stereocenters. The molecule has 144 valence electrons. The van der Waals surface area contributed by atoms with Gasteiger partial charge in [0.2, 0.25) is 0 Å². The van der Waals surface area contributed by atoms with Crippen LogP contribution in [-0.2, 0) is 20.1 Å². The third kappa shape index (κ3) is 6.53. The van der Waals surface area contributed by atoms with Gasteiger partial charge in [-0.2, -0.15) is 0 Å². The van der Waals surface area contributed by atoms with Crippen LogP contribution < -0.4 is 5.32 Å². The summed E-state index contributed by atoms with van der Waals surface area (Å²) in [5, 5.41) is 11.8. The lowest BCUT2D eigenvalue weighted by Gasteiger charge is -2.23. The van der Waals surface area contributed by atoms with Crippen molar-refractivity contribution in [1.82, 2.24) is 25.0 Å². The maximum absolute atomic E-state index is 4.76. The first-order chi connectivity index (χ1) is 12.0. The molecule has 2 aromatic rings. The SMILES string of the molecule is CCCCNC(=NCc1nnc(C)n1C)N(C)Cc1ccccc1Br.I. The Morgan fingerprint density at radius 3 is 2.65 bits per heavy atom. The predicted molar refractivity (Wildman–Crippen MR) is 121 cm³/mol. The van der Waals surface area contributed by atoms with Gasteiger partial charge in [-0.25, -0.2) is 4.99 Å². The first-order valence-corrected chi connectivity index (χ1v) is 9.40. The zero-order valence-electron chi connectivity index (χ0n) is 15.9. The molecule has 1 heterocycles. The van der Waals surface area contributed by atoms with Crippen LogP contribution in [0.15, 0.2) is 33.7 Å². The second kappa shape index (κ2) is 11.5. The molecular weight excluding hydrogens is 507 g/mol. The quantitative estimate of drug-likeness (QED) is 0.253. The number of guanidine groups is 1. The van der Waals surface area contributed by atoms with Gasteiger partial charge in [0, 0.05) is 31.7 Å². The molecule has 0 fully saturated rings. The first-order valence-electron chi connectivity index (χ1n) is 8.60. The minimum Gasteiger partial charge on any atom is -0.356 e. The van der Waals surface area contributed by atoms with Crippen molar-refractivity contribution in [2.45, 2.75) is 39.8 Å². The van der Waals surface area contributed by atoms with Gasteiger partial charge in [0.1, 0.15) is 12.4 Å². The number of rotatable bonds is 7. The Bertz CT molecular complexity index is 715. The van der Waals surface area contributed by atoms with Gasteiger partial charge in [-0.1, -0.05) is 47.5 Å². The first kappa shape index (κ1) is 22.9. The molecule has 0 radical (unpaired) electrons. The lowest BCUT2D eigenvalue weighted by molar-refractivity contribution is 0.471. The number of unbranched alkanes of at least 4 members (excludes halogenated alkanes) is 1. The molecular formula is C18H28BrIN6. The van der Waals surface area contributed by atoms with Gasteiger partial charge >= 0.3 is 0 Å². The van der Waals surface area contributed by atoms with Crippen molar-refractivity contribution < 1.29 is 0 Å². The third-order valence-corrected chi connectivity index (χ3v) is 4.87. The monoisotopic (exact) mass is 534 g/mol. The van der Waals surface area contributed by atoms with E-state index in [0.29, 0.717) is 6.54 Å². The molecule has 0 saturated heterocycles. The van der Waals surface area contributed by atoms with Crippen LogP contribution in [0.2, 0.25) is 0 Å². The molecule has 0 bridgehead atoms. The molecule has 0 aliphatic heterocycles. The van der Waals surface area contributed by atoms with Gasteiger partial charge in [0.15, 0.2) is 11.8 Å². The minimum absolute atomic E-state index is 0. The summed E-state index contributed by atoms with van der Waals surface area (Å²) in [7, 11) is 4.02. The van der Waals surface area contributed by atoms with E-state index in [0.717, 1.165) is 48.0 Å². The normalized spacial score (nSPS) is 11.2. The summed E-state index contributed by atoms with van der Waals surface area (Å²) in [5.41, 5.74) is 1.23. The van der Waals surface area contributed by atoms with Crippen molar-refractivity contribution in [2.24, 2.45) is 12.0 Å². The Balaban J connectivity index is 0.00000338. The Morgan fingerprint density at radius 1 is 1.31 bits per heavy atom. The Labute approximate surface area is 181 Å². The van der Waals surface area contributed by atoms with E-state index in [-0.39, 0.29) is 24.0 Å². The van der Waals surface area contributed by atoms with Crippen LogP contribution >= 0.6 is 39.9 Å². The number of hydrogen-bond acceptors (Lipinski definition) is 3. The average Bonchev–Trinajstić information content (AvgIpc) is 2.92. The van der Waals surface area contributed by atoms with Crippen molar-refractivity contribution in [3.8, 4) is 0 Å². The van der Waals surface area contributed by atoms with E-state index in [9.17, 15) is 0 Å². The zero-order chi connectivity index (χ0) is 18.2. The fourth-order valence-corrected chi connectivity index (χ4v) is 2.79. The lowest BCUT2D eigenvalue weighted by Crippen LogP contribution is -2.39. The molecule has 0 atom stereocenters. The van der Waals surface area contributed by atoms with Gasteiger partial charge in [0.25, 0.3) is 0 Å². The van der Waals surface area contributed by atoms with Gasteiger partial charge in [-0.15, -0.1) is 34.2 Å². The Hall–Kier alpha value is -1.16. The number of aromatic nitrogens is 3. The molecule has 26 heavy (non-hydrogen) atoms. The van der Waals surface area contributed by atoms with Crippen LogP contribution in [0.4, 0.5) is 0 Å². The topological polar surface area (TPSA) is 58.3 Å². The summed E-state index contributed by atoms with van der Waals surface area (Å²) in [6.45, 7) is 6.32. The molecule has 0 amide bonds. The van der Waals surface area contributed by atoms with Crippen LogP contribution in [0.3, 0.4) is 0 Å². The number of benzene rings is 1. The van der Waals surface area contributed by atoms with Crippen LogP contribution in [0.1, 0.15) is 37.0 Å². The van der Waals surface area contributed by atoms with Crippen molar-refractivity contribution in [2.75, 3.05) is 13.6 Å². The van der Waals surface area contributed by atoms with Crippen molar-refractivity contribution in [3.05, 3.63) is 46.0 Å². The van der Waals surface area contributed by atoms with Crippen LogP contribution in [0, 0.1) is 6.92 Å². The number of nitrogens with one attached hydrogen (secondary N) is 1. The lowest BCUT2D eigenvalue weighted by atomic mass is 10.2. The summed E-state index contributed by atoms with van der Waals surface area (Å²) in [5.74, 6) is 2.64. The van der Waals surface area contributed by atoms with E-state index in [1.54, 1.807) is 0 Å². The molecule has 8 heteroatoms. The van der Waals surface area contributed by atoms with Crippen molar-refractivity contribution in [3.63, 3.8) is 0 Å². The molecule has 0 spiro atoms. The van der Waals surface area contributed by atoms with Crippen molar-refractivity contribution >= 4 is 45.9 Å². The van der Waals surface area contributed by atoms with Gasteiger partial charge in [-0.05, 0) is 25.0 Å². The Kier molecular flexibility index (Phi) is 10.1. The highest BCUT2D eigenvalue weighted by atomic mass is 127. The molecule has 0 aliphatic rings. The highest BCUT2D eigenvalue weighted by Gasteiger charge is 2.10. The molecule has 1 aromatic heterocycles. The van der Waals surface area contributed by atoms with Crippen LogP contribution in [0.25, 0.3) is 0 Å². The second-order valence-electron chi connectivity index (χ2n) is 6.09. The molecule has 6 nitrogen and oxygen atoms in total. The molecule has 1 aromatic carbocycles. The summed E-state index contributed by atoms with van der Waals surface area (Å²) in [6, 6.07) is 8.26. The number of halogens is 2. The predicted octanol–water partition coefficient (Wildman–Crippen LogP) is 3.88. The molecule has 0 aliphatic carbocycles. The largest absolute Gasteiger partial charge is 0.356 e. The van der Waals surface area contributed by atoms with E-state index in [1.165, 1.54) is 5.56 Å². The number of aryl methyl sites for hydroxylation is 1. The van der Waals surface area contributed by atoms with E-state index in [1.807, 2.05) is 24.6 Å². The number of hydrogen-bond donors (Lipinski definition) is 1. The third-order valence-electron chi connectivity index (χ3n) is 4.09. The smallest absolute Gasteiger partial charge is 0.194 e. The van der Waals surface area contributed by atoms with Crippen molar-refractivity contribution in [1.29, 1.82) is 0 Å². The van der Waals surface area contributed by atoms with Gasteiger partial charge < -0.3 is 14.8 Å². The fourth-order valence-electron chi connectivity index (χ4n) is 2.38. The standard InChI is InChI=1S/C18H27BrN6.HI/c1-5-6-11-20-18(21-12-17-23-22-14(2)25(17)4)24(3)13-15-9-7-8-10-16(15)19;/h7-10H,5-6,11-13H2,1-4H3,(H,20,21);1H. The van der Waals surface area contributed by atoms with Gasteiger partial charge in [-0.3, -0.25) is 0 Å². The highest BCUT2D eigenvalue weighted by molar-refractivity contribution is 14.0. The van der Waals surface area contributed by atoms with Crippen LogP contribution in [0.5, 0.6) is 0 Å². The second-order valence-corrected chi connectivity index (χ2v) is 6.94. The van der Waals surface area contributed by atoms with E-state index in [4.69, 9.17) is 4.99 Å². The molecule has 2 rings (SSSR count). The van der Waals surface area contributed by atoms with E-state index < -0.39 is 0 Å². The Morgan fingerprint density at radius 2 is 2.04 bits per heavy atom. The summed E-state index contributed by atoms with van der Waals surface area (Å²) >= 11 is 3.62. The van der Waals surface area contributed by atoms with E-state index in [2.05, 4.69) is 68.5 Å². The molecule has 0 saturated carbocycles. The fraction of sp³-hybridized carbons (Fsp3) is 0.500. The molecule has 1 N–H and O–H groups in total. The summed E-state index contributed by atoms with van der Waals surface area (Å²) in [4.78, 5) is 6.90. The van der Waals surface area contributed by atoms with Gasteiger partial charge in [0.05, 0.1) is 0 Å². The number of nitrogens with zero attached hydrogens (tertiary/aromatic N) is 5. The van der Waals surface area contributed by atoms with E-state index >= 15 is 0 Å². The average molecular weight is 535 g/mol. The maximum atomic E-state index is 4.76. The maximum Gasteiger partial charge on any atom is 0.194 e. The minimum atomic E-state index is 0. The number of aliphatic imine (C=N–C) groups is 1. The zero-order valence-corrected chi connectivity index (χ0v) is 19.8. The van der Waals surface area contributed by atoms with Crippen LogP contribution in [-0.4, -0.2) is 39.2 Å². The summed E-state index contributed by atoms with van der Waals surface area (Å²) < 4.78 is 3.08. The highest BCUT2D eigenvalue weighted by Crippen LogP contribution is 2.17. The summed E-state index contributed by atoms with van der Waals surface area (Å²) in [6.07, 6.45) is 2.27.